The molecule has 0 aliphatic heterocycles. The molecule has 0 saturated heterocycles. The zero-order valence-corrected chi connectivity index (χ0v) is 14.9. The Morgan fingerprint density at radius 3 is 2.52 bits per heavy atom. The number of halogens is 1. The third-order valence-electron chi connectivity index (χ3n) is 3.45. The standard InChI is InChI=1S/C19H20ClNO4/c1-3-24-12-17(22)25-18(14-7-5-4-6-8-14)19(23)21-15-10-9-13(2)16(20)11-15/h4-11,18H,3,12H2,1-2H3,(H,21,23)/t18-/m0/s1. The van der Waals surface area contributed by atoms with Crippen molar-refractivity contribution in [3.63, 3.8) is 0 Å². The van der Waals surface area contributed by atoms with Gasteiger partial charge in [-0.1, -0.05) is 48.0 Å². The summed E-state index contributed by atoms with van der Waals surface area (Å²) in [5, 5.41) is 3.27. The first-order chi connectivity index (χ1) is 12.0. The van der Waals surface area contributed by atoms with Gasteiger partial charge in [-0.3, -0.25) is 4.79 Å². The quantitative estimate of drug-likeness (QED) is 0.759. The van der Waals surface area contributed by atoms with Crippen molar-refractivity contribution in [1.29, 1.82) is 0 Å². The second-order valence-electron chi connectivity index (χ2n) is 5.37. The predicted octanol–water partition coefficient (Wildman–Crippen LogP) is 3.91. The van der Waals surface area contributed by atoms with Crippen LogP contribution in [0, 0.1) is 6.92 Å². The smallest absolute Gasteiger partial charge is 0.333 e. The van der Waals surface area contributed by atoms with Gasteiger partial charge < -0.3 is 14.8 Å². The van der Waals surface area contributed by atoms with Crippen LogP contribution in [-0.2, 0) is 19.1 Å². The summed E-state index contributed by atoms with van der Waals surface area (Å²) in [5.74, 6) is -1.07. The number of amides is 1. The third-order valence-corrected chi connectivity index (χ3v) is 3.86. The number of nitrogens with one attached hydrogen (secondary N) is 1. The van der Waals surface area contributed by atoms with E-state index in [-0.39, 0.29) is 6.61 Å². The van der Waals surface area contributed by atoms with E-state index in [2.05, 4.69) is 5.32 Å². The van der Waals surface area contributed by atoms with Crippen LogP contribution < -0.4 is 5.32 Å². The molecule has 1 N–H and O–H groups in total. The summed E-state index contributed by atoms with van der Waals surface area (Å²) in [7, 11) is 0. The minimum atomic E-state index is -1.07. The van der Waals surface area contributed by atoms with Crippen LogP contribution in [0.3, 0.4) is 0 Å². The first-order valence-electron chi connectivity index (χ1n) is 7.90. The summed E-state index contributed by atoms with van der Waals surface area (Å²) in [6.07, 6.45) is -1.07. The molecule has 5 nitrogen and oxygen atoms in total. The number of ether oxygens (including phenoxy) is 2. The minimum absolute atomic E-state index is 0.205. The van der Waals surface area contributed by atoms with Crippen molar-refractivity contribution in [2.75, 3.05) is 18.5 Å². The van der Waals surface area contributed by atoms with Crippen LogP contribution in [0.15, 0.2) is 48.5 Å². The lowest BCUT2D eigenvalue weighted by Crippen LogP contribution is -2.27. The number of benzene rings is 2. The molecule has 0 aliphatic rings. The molecule has 132 valence electrons. The SMILES string of the molecule is CCOCC(=O)O[C@H](C(=O)Nc1ccc(C)c(Cl)c1)c1ccccc1. The Balaban J connectivity index is 2.17. The van der Waals surface area contributed by atoms with Gasteiger partial charge in [0, 0.05) is 22.9 Å². The maximum absolute atomic E-state index is 12.6. The average Bonchev–Trinajstić information content (AvgIpc) is 2.61. The molecule has 0 spiro atoms. The third kappa shape index (κ3) is 5.59. The largest absolute Gasteiger partial charge is 0.446 e. The molecule has 2 aromatic carbocycles. The van der Waals surface area contributed by atoms with Gasteiger partial charge in [-0.15, -0.1) is 0 Å². The maximum atomic E-state index is 12.6. The molecule has 25 heavy (non-hydrogen) atoms. The summed E-state index contributed by atoms with van der Waals surface area (Å²) in [5.41, 5.74) is 2.01. The lowest BCUT2D eigenvalue weighted by Gasteiger charge is -2.18. The van der Waals surface area contributed by atoms with E-state index in [1.807, 2.05) is 13.0 Å². The van der Waals surface area contributed by atoms with E-state index in [4.69, 9.17) is 21.1 Å². The number of carbonyl (C=O) groups is 2. The molecule has 6 heteroatoms. The van der Waals surface area contributed by atoms with Gasteiger partial charge in [-0.25, -0.2) is 4.79 Å². The van der Waals surface area contributed by atoms with E-state index < -0.39 is 18.0 Å². The topological polar surface area (TPSA) is 64.6 Å². The molecule has 0 unspecified atom stereocenters. The van der Waals surface area contributed by atoms with E-state index in [0.29, 0.717) is 22.9 Å². The number of aryl methyl sites for hydroxylation is 1. The highest BCUT2D eigenvalue weighted by molar-refractivity contribution is 6.31. The fourth-order valence-electron chi connectivity index (χ4n) is 2.13. The second kappa shape index (κ2) is 9.20. The van der Waals surface area contributed by atoms with Gasteiger partial charge in [0.2, 0.25) is 6.10 Å². The first kappa shape index (κ1) is 19.0. The Labute approximate surface area is 151 Å². The van der Waals surface area contributed by atoms with Crippen molar-refractivity contribution in [2.24, 2.45) is 0 Å². The Hall–Kier alpha value is -2.37. The van der Waals surface area contributed by atoms with Crippen LogP contribution in [0.25, 0.3) is 0 Å². The zero-order chi connectivity index (χ0) is 18.2. The van der Waals surface area contributed by atoms with Crippen LogP contribution >= 0.6 is 11.6 Å². The molecule has 2 rings (SSSR count). The van der Waals surface area contributed by atoms with Crippen LogP contribution in [0.2, 0.25) is 5.02 Å². The number of esters is 1. The maximum Gasteiger partial charge on any atom is 0.333 e. The van der Waals surface area contributed by atoms with Crippen LogP contribution in [-0.4, -0.2) is 25.1 Å². The molecule has 1 atom stereocenters. The van der Waals surface area contributed by atoms with Crippen molar-refractivity contribution in [3.8, 4) is 0 Å². The first-order valence-corrected chi connectivity index (χ1v) is 8.28. The van der Waals surface area contributed by atoms with Crippen LogP contribution in [0.1, 0.15) is 24.2 Å². The van der Waals surface area contributed by atoms with E-state index in [9.17, 15) is 9.59 Å². The van der Waals surface area contributed by atoms with Gasteiger partial charge in [-0.05, 0) is 31.5 Å². The summed E-state index contributed by atoms with van der Waals surface area (Å²) in [6.45, 7) is 3.83. The fourth-order valence-corrected chi connectivity index (χ4v) is 2.31. The molecule has 0 radical (unpaired) electrons. The second-order valence-corrected chi connectivity index (χ2v) is 5.78. The van der Waals surface area contributed by atoms with Gasteiger partial charge in [0.05, 0.1) is 0 Å². The lowest BCUT2D eigenvalue weighted by atomic mass is 10.1. The molecular weight excluding hydrogens is 342 g/mol. The summed E-state index contributed by atoms with van der Waals surface area (Å²) < 4.78 is 10.4. The van der Waals surface area contributed by atoms with E-state index in [1.54, 1.807) is 49.4 Å². The Kier molecular flexibility index (Phi) is 6.98. The molecule has 0 aromatic heterocycles. The van der Waals surface area contributed by atoms with Gasteiger partial charge in [-0.2, -0.15) is 0 Å². The summed E-state index contributed by atoms with van der Waals surface area (Å²) >= 11 is 6.08. The molecule has 0 saturated carbocycles. The predicted molar refractivity (Wildman–Crippen MR) is 96.6 cm³/mol. The van der Waals surface area contributed by atoms with E-state index >= 15 is 0 Å². The van der Waals surface area contributed by atoms with Crippen LogP contribution in [0.5, 0.6) is 0 Å². The Bertz CT molecular complexity index is 733. The Morgan fingerprint density at radius 1 is 1.16 bits per heavy atom. The summed E-state index contributed by atoms with van der Waals surface area (Å²) in [6, 6.07) is 14.0. The highest BCUT2D eigenvalue weighted by Gasteiger charge is 2.25. The number of carbonyl (C=O) groups excluding carboxylic acids is 2. The van der Waals surface area contributed by atoms with Gasteiger partial charge in [0.15, 0.2) is 0 Å². The monoisotopic (exact) mass is 361 g/mol. The highest BCUT2D eigenvalue weighted by atomic mass is 35.5. The normalized spacial score (nSPS) is 11.6. The van der Waals surface area contributed by atoms with Gasteiger partial charge in [0.1, 0.15) is 6.61 Å². The molecule has 2 aromatic rings. The molecule has 0 aliphatic carbocycles. The van der Waals surface area contributed by atoms with Crippen LogP contribution in [0.4, 0.5) is 5.69 Å². The molecular formula is C19H20ClNO4. The zero-order valence-electron chi connectivity index (χ0n) is 14.1. The molecule has 1 amide bonds. The van der Waals surface area contributed by atoms with Crippen molar-refractivity contribution in [1.82, 2.24) is 0 Å². The molecule has 0 heterocycles. The highest BCUT2D eigenvalue weighted by Crippen LogP contribution is 2.23. The number of rotatable bonds is 7. The summed E-state index contributed by atoms with van der Waals surface area (Å²) in [4.78, 5) is 24.5. The Morgan fingerprint density at radius 2 is 1.88 bits per heavy atom. The molecule has 0 bridgehead atoms. The van der Waals surface area contributed by atoms with Crippen molar-refractivity contribution in [3.05, 3.63) is 64.7 Å². The number of hydrogen-bond donors (Lipinski definition) is 1. The lowest BCUT2D eigenvalue weighted by molar-refractivity contribution is -0.159. The van der Waals surface area contributed by atoms with Crippen molar-refractivity contribution >= 4 is 29.2 Å². The van der Waals surface area contributed by atoms with Crippen molar-refractivity contribution < 1.29 is 19.1 Å². The van der Waals surface area contributed by atoms with E-state index in [0.717, 1.165) is 5.56 Å². The van der Waals surface area contributed by atoms with Gasteiger partial charge >= 0.3 is 5.97 Å². The average molecular weight is 362 g/mol. The van der Waals surface area contributed by atoms with Crippen molar-refractivity contribution in [2.45, 2.75) is 20.0 Å². The fraction of sp³-hybridized carbons (Fsp3) is 0.263. The number of anilines is 1. The minimum Gasteiger partial charge on any atom is -0.446 e. The number of hydrogen-bond acceptors (Lipinski definition) is 4. The van der Waals surface area contributed by atoms with Gasteiger partial charge in [0.25, 0.3) is 5.91 Å². The molecule has 0 fully saturated rings. The van der Waals surface area contributed by atoms with E-state index in [1.165, 1.54) is 0 Å².